The Bertz CT molecular complexity index is 721. The number of piperazine rings is 1. The molecule has 1 atom stereocenters. The molecule has 0 bridgehead atoms. The summed E-state index contributed by atoms with van der Waals surface area (Å²) in [6.07, 6.45) is 7.51. The number of carbonyl (C=O) groups excluding carboxylic acids is 2. The van der Waals surface area contributed by atoms with E-state index in [0.29, 0.717) is 11.5 Å². The van der Waals surface area contributed by atoms with Crippen molar-refractivity contribution < 1.29 is 9.59 Å². The summed E-state index contributed by atoms with van der Waals surface area (Å²) in [5, 5.41) is 6.33. The molecule has 1 aliphatic heterocycles. The number of nitrogens with zero attached hydrogens (tertiary/aromatic N) is 2. The summed E-state index contributed by atoms with van der Waals surface area (Å²) in [7, 11) is 0. The van der Waals surface area contributed by atoms with Gasteiger partial charge in [0.25, 0.3) is 0 Å². The zero-order valence-corrected chi connectivity index (χ0v) is 16.9. The summed E-state index contributed by atoms with van der Waals surface area (Å²) in [5.74, 6) is 0.148. The Balaban J connectivity index is 1.33. The minimum Gasteiger partial charge on any atom is -0.340 e. The number of nitrogens with one attached hydrogen (secondary N) is 2. The molecule has 3 aliphatic rings. The molecule has 2 aliphatic carbocycles. The zero-order chi connectivity index (χ0) is 19.6. The van der Waals surface area contributed by atoms with E-state index in [1.54, 1.807) is 6.92 Å². The fraction of sp³-hybridized carbons (Fsp3) is 0.636. The van der Waals surface area contributed by atoms with Crippen molar-refractivity contribution in [2.24, 2.45) is 5.41 Å². The highest BCUT2D eigenvalue weighted by molar-refractivity contribution is 5.90. The van der Waals surface area contributed by atoms with Crippen LogP contribution in [0.15, 0.2) is 24.3 Å². The van der Waals surface area contributed by atoms with Gasteiger partial charge in [-0.15, -0.1) is 0 Å². The van der Waals surface area contributed by atoms with Crippen molar-refractivity contribution in [1.82, 2.24) is 15.1 Å². The first kappa shape index (κ1) is 19.2. The van der Waals surface area contributed by atoms with Gasteiger partial charge >= 0.3 is 6.03 Å². The molecule has 28 heavy (non-hydrogen) atoms. The Kier molecular flexibility index (Phi) is 5.58. The molecule has 1 unspecified atom stereocenters. The fourth-order valence-electron chi connectivity index (χ4n) is 5.16. The highest BCUT2D eigenvalue weighted by Crippen LogP contribution is 2.53. The quantitative estimate of drug-likeness (QED) is 0.838. The van der Waals surface area contributed by atoms with Gasteiger partial charge in [-0.25, -0.2) is 4.79 Å². The number of anilines is 1. The van der Waals surface area contributed by atoms with Crippen LogP contribution in [0.2, 0.25) is 0 Å². The van der Waals surface area contributed by atoms with E-state index in [1.807, 2.05) is 23.1 Å². The molecule has 6 nitrogen and oxygen atoms in total. The molecular formula is C22H32N4O2. The first-order valence-electron chi connectivity index (χ1n) is 10.7. The van der Waals surface area contributed by atoms with E-state index in [1.165, 1.54) is 32.1 Å². The molecule has 3 fully saturated rings. The van der Waals surface area contributed by atoms with Crippen LogP contribution in [-0.2, 0) is 11.3 Å². The number of amides is 3. The number of para-hydroxylation sites is 1. The molecule has 1 spiro atoms. The van der Waals surface area contributed by atoms with Crippen LogP contribution < -0.4 is 10.6 Å². The molecule has 152 valence electrons. The van der Waals surface area contributed by atoms with Crippen molar-refractivity contribution in [1.29, 1.82) is 0 Å². The highest BCUT2D eigenvalue weighted by Gasteiger charge is 2.48. The van der Waals surface area contributed by atoms with Gasteiger partial charge in [-0.05, 0) is 42.7 Å². The van der Waals surface area contributed by atoms with Crippen molar-refractivity contribution >= 4 is 17.6 Å². The summed E-state index contributed by atoms with van der Waals surface area (Å²) in [5.41, 5.74) is 2.39. The molecule has 1 aromatic rings. The van der Waals surface area contributed by atoms with E-state index in [0.717, 1.165) is 50.4 Å². The van der Waals surface area contributed by atoms with Crippen LogP contribution in [0, 0.1) is 5.41 Å². The molecule has 1 heterocycles. The minimum absolute atomic E-state index is 0.0789. The van der Waals surface area contributed by atoms with E-state index < -0.39 is 0 Å². The maximum Gasteiger partial charge on any atom is 0.319 e. The molecule has 0 aromatic heterocycles. The largest absolute Gasteiger partial charge is 0.340 e. The van der Waals surface area contributed by atoms with E-state index >= 15 is 0 Å². The second-order valence-corrected chi connectivity index (χ2v) is 8.70. The van der Waals surface area contributed by atoms with Crippen molar-refractivity contribution in [3.8, 4) is 0 Å². The lowest BCUT2D eigenvalue weighted by Gasteiger charge is -2.47. The summed E-state index contributed by atoms with van der Waals surface area (Å²) in [6.45, 7) is 5.70. The molecule has 2 N–H and O–H groups in total. The van der Waals surface area contributed by atoms with E-state index in [2.05, 4.69) is 21.6 Å². The lowest BCUT2D eigenvalue weighted by molar-refractivity contribution is -0.130. The SMILES string of the molecule is CC(=O)N1CCN(Cc2ccccc2NC(=O)NC2CCC23CCCC3)CC1. The Hall–Kier alpha value is -2.08. The molecular weight excluding hydrogens is 352 g/mol. The average Bonchev–Trinajstić information content (AvgIpc) is 3.20. The second-order valence-electron chi connectivity index (χ2n) is 8.70. The van der Waals surface area contributed by atoms with E-state index in [-0.39, 0.29) is 11.9 Å². The van der Waals surface area contributed by atoms with Gasteiger partial charge in [0, 0.05) is 51.4 Å². The number of carbonyl (C=O) groups is 2. The fourth-order valence-corrected chi connectivity index (χ4v) is 5.16. The standard InChI is InChI=1S/C22H32N4O2/c1-17(27)26-14-12-25(13-15-26)16-18-6-2-3-7-19(18)23-21(28)24-20-8-11-22(20)9-4-5-10-22/h2-3,6-7,20H,4-5,8-16H2,1H3,(H2,23,24,28). The van der Waals surface area contributed by atoms with Crippen molar-refractivity contribution in [3.63, 3.8) is 0 Å². The van der Waals surface area contributed by atoms with E-state index in [9.17, 15) is 9.59 Å². The number of rotatable bonds is 4. The molecule has 6 heteroatoms. The Morgan fingerprint density at radius 1 is 1.07 bits per heavy atom. The molecule has 3 amide bonds. The number of hydrogen-bond donors (Lipinski definition) is 2. The average molecular weight is 385 g/mol. The molecule has 4 rings (SSSR count). The second kappa shape index (κ2) is 8.11. The first-order valence-corrected chi connectivity index (χ1v) is 10.7. The topological polar surface area (TPSA) is 64.7 Å². The maximum absolute atomic E-state index is 12.6. The van der Waals surface area contributed by atoms with Crippen LogP contribution in [0.5, 0.6) is 0 Å². The Morgan fingerprint density at radius 2 is 1.79 bits per heavy atom. The van der Waals surface area contributed by atoms with Gasteiger partial charge in [-0.2, -0.15) is 0 Å². The van der Waals surface area contributed by atoms with Gasteiger partial charge in [-0.1, -0.05) is 31.0 Å². The van der Waals surface area contributed by atoms with Crippen molar-refractivity contribution in [2.45, 2.75) is 58.0 Å². The smallest absolute Gasteiger partial charge is 0.319 e. The van der Waals surface area contributed by atoms with Gasteiger partial charge in [0.1, 0.15) is 0 Å². The van der Waals surface area contributed by atoms with Crippen LogP contribution in [0.1, 0.15) is 51.0 Å². The normalized spacial score (nSPS) is 24.0. The van der Waals surface area contributed by atoms with Crippen molar-refractivity contribution in [3.05, 3.63) is 29.8 Å². The predicted molar refractivity (Wildman–Crippen MR) is 110 cm³/mol. The van der Waals surface area contributed by atoms with Gasteiger partial charge in [0.05, 0.1) is 0 Å². The minimum atomic E-state index is -0.0789. The summed E-state index contributed by atoms with van der Waals surface area (Å²) in [6, 6.07) is 8.30. The predicted octanol–water partition coefficient (Wildman–Crippen LogP) is 3.20. The Morgan fingerprint density at radius 3 is 2.43 bits per heavy atom. The molecule has 0 radical (unpaired) electrons. The summed E-state index contributed by atoms with van der Waals surface area (Å²) < 4.78 is 0. The Labute approximate surface area is 167 Å². The molecule has 1 saturated heterocycles. The van der Waals surface area contributed by atoms with Crippen LogP contribution in [0.3, 0.4) is 0 Å². The summed E-state index contributed by atoms with van der Waals surface area (Å²) in [4.78, 5) is 28.4. The van der Waals surface area contributed by atoms with Crippen molar-refractivity contribution in [2.75, 3.05) is 31.5 Å². The molecule has 1 aromatic carbocycles. The monoisotopic (exact) mass is 384 g/mol. The third-order valence-electron chi connectivity index (χ3n) is 7.05. The van der Waals surface area contributed by atoms with Crippen LogP contribution in [0.4, 0.5) is 10.5 Å². The molecule has 2 saturated carbocycles. The number of urea groups is 1. The van der Waals surface area contributed by atoms with Gasteiger partial charge in [0.2, 0.25) is 5.91 Å². The third kappa shape index (κ3) is 4.02. The third-order valence-corrected chi connectivity index (χ3v) is 7.05. The lowest BCUT2D eigenvalue weighted by Crippen LogP contribution is -2.54. The summed E-state index contributed by atoms with van der Waals surface area (Å²) >= 11 is 0. The van der Waals surface area contributed by atoms with Gasteiger partial charge in [0.15, 0.2) is 0 Å². The first-order chi connectivity index (χ1) is 13.6. The van der Waals surface area contributed by atoms with Crippen LogP contribution in [-0.4, -0.2) is 54.0 Å². The maximum atomic E-state index is 12.6. The highest BCUT2D eigenvalue weighted by atomic mass is 16.2. The lowest BCUT2D eigenvalue weighted by atomic mass is 9.63. The zero-order valence-electron chi connectivity index (χ0n) is 16.9. The number of benzene rings is 1. The van der Waals surface area contributed by atoms with Gasteiger partial charge < -0.3 is 15.5 Å². The van der Waals surface area contributed by atoms with Gasteiger partial charge in [-0.3, -0.25) is 9.69 Å². The number of hydrogen-bond acceptors (Lipinski definition) is 3. The van der Waals surface area contributed by atoms with E-state index in [4.69, 9.17) is 0 Å². The van der Waals surface area contributed by atoms with Crippen LogP contribution in [0.25, 0.3) is 0 Å². The van der Waals surface area contributed by atoms with Crippen LogP contribution >= 0.6 is 0 Å².